The Morgan fingerprint density at radius 2 is 1.97 bits per heavy atom. The fourth-order valence-electron chi connectivity index (χ4n) is 4.99. The first-order chi connectivity index (χ1) is 16.5. The first-order valence-corrected chi connectivity index (χ1v) is 11.6. The zero-order valence-corrected chi connectivity index (χ0v) is 20.4. The van der Waals surface area contributed by atoms with Crippen LogP contribution >= 0.6 is 0 Å². The van der Waals surface area contributed by atoms with Crippen molar-refractivity contribution in [2.45, 2.75) is 44.8 Å². The van der Waals surface area contributed by atoms with Crippen LogP contribution in [0.15, 0.2) is 34.1 Å². The van der Waals surface area contributed by atoms with Crippen LogP contribution in [-0.2, 0) is 14.1 Å². The number of β-amino-alcohol motifs (C(OH)–C–C–N with tert-alkyl or cyclic N) is 1. The number of nitrogens with zero attached hydrogens (tertiary/aromatic N) is 6. The summed E-state index contributed by atoms with van der Waals surface area (Å²) in [6.45, 7) is 6.23. The van der Waals surface area contributed by atoms with Gasteiger partial charge in [0.15, 0.2) is 11.2 Å². The highest BCUT2D eigenvalue weighted by Gasteiger charge is 2.42. The molecular weight excluding hydrogens is 450 g/mol. The molecule has 0 bridgehead atoms. The van der Waals surface area contributed by atoms with Gasteiger partial charge in [-0.05, 0) is 31.5 Å². The van der Waals surface area contributed by atoms with E-state index in [1.807, 2.05) is 6.07 Å². The molecule has 35 heavy (non-hydrogen) atoms. The number of carbonyl (C=O) groups is 1. The molecule has 0 radical (unpaired) electrons. The van der Waals surface area contributed by atoms with Crippen LogP contribution < -0.4 is 11.2 Å². The molecule has 4 heterocycles. The van der Waals surface area contributed by atoms with E-state index in [0.717, 1.165) is 21.4 Å². The number of aryl methyl sites for hydroxylation is 1. The zero-order valence-electron chi connectivity index (χ0n) is 20.4. The lowest BCUT2D eigenvalue weighted by Gasteiger charge is -2.43. The molecule has 1 aliphatic heterocycles. The lowest BCUT2D eigenvalue weighted by atomic mass is 9.88. The normalized spacial score (nSPS) is 20.9. The Hall–Kier alpha value is -3.73. The summed E-state index contributed by atoms with van der Waals surface area (Å²) in [6, 6.07) is 4.88. The fourth-order valence-corrected chi connectivity index (χ4v) is 4.99. The summed E-state index contributed by atoms with van der Waals surface area (Å²) in [5.74, 6) is 0.929. The first kappa shape index (κ1) is 23.0. The summed E-state index contributed by atoms with van der Waals surface area (Å²) >= 11 is 0. The maximum atomic E-state index is 13.3. The number of carbonyl (C=O) groups excluding carboxylic acids is 1. The van der Waals surface area contributed by atoms with Crippen LogP contribution in [0.1, 0.15) is 55.3 Å². The fraction of sp³-hybridized carbons (Fsp3) is 0.458. The molecule has 3 aromatic heterocycles. The molecule has 1 saturated heterocycles. The molecule has 11 heteroatoms. The minimum absolute atomic E-state index is 0.0838. The largest absolute Gasteiger partial charge is 0.386 e. The molecule has 4 aromatic rings. The smallest absolute Gasteiger partial charge is 0.332 e. The minimum Gasteiger partial charge on any atom is -0.386 e. The summed E-state index contributed by atoms with van der Waals surface area (Å²) in [4.78, 5) is 52.2. The SMILES string of the molecule is CC(C)c1nc2ccc(C(=O)N3CC[C@@H](n4cnc5c4c(=O)n(C)c(=O)n5C)[C@](C)(O)C3)cc2[nH]1. The molecule has 0 saturated carbocycles. The Kier molecular flexibility index (Phi) is 5.20. The average molecular weight is 480 g/mol. The van der Waals surface area contributed by atoms with Gasteiger partial charge in [0.2, 0.25) is 0 Å². The molecule has 2 atom stereocenters. The number of likely N-dealkylation sites (tertiary alicyclic amines) is 1. The molecule has 0 aliphatic carbocycles. The van der Waals surface area contributed by atoms with Crippen molar-refractivity contribution in [1.29, 1.82) is 0 Å². The van der Waals surface area contributed by atoms with Gasteiger partial charge in [0.25, 0.3) is 11.5 Å². The van der Waals surface area contributed by atoms with Crippen LogP contribution in [-0.4, -0.2) is 63.3 Å². The maximum absolute atomic E-state index is 13.3. The van der Waals surface area contributed by atoms with Crippen molar-refractivity contribution in [3.63, 3.8) is 0 Å². The van der Waals surface area contributed by atoms with E-state index in [1.165, 1.54) is 17.9 Å². The third kappa shape index (κ3) is 3.57. The highest BCUT2D eigenvalue weighted by atomic mass is 16.3. The molecule has 2 N–H and O–H groups in total. The Morgan fingerprint density at radius 3 is 2.66 bits per heavy atom. The van der Waals surface area contributed by atoms with Crippen molar-refractivity contribution < 1.29 is 9.90 Å². The van der Waals surface area contributed by atoms with Gasteiger partial charge in [0, 0.05) is 32.1 Å². The number of hydrogen-bond donors (Lipinski definition) is 2. The molecule has 1 amide bonds. The summed E-state index contributed by atoms with van der Waals surface area (Å²) in [6.07, 6.45) is 1.90. The number of hydrogen-bond acceptors (Lipinski definition) is 6. The number of nitrogens with one attached hydrogen (secondary N) is 1. The number of amides is 1. The van der Waals surface area contributed by atoms with Crippen molar-refractivity contribution >= 4 is 28.1 Å². The molecule has 5 rings (SSSR count). The van der Waals surface area contributed by atoms with Crippen molar-refractivity contribution in [2.75, 3.05) is 13.1 Å². The van der Waals surface area contributed by atoms with Gasteiger partial charge < -0.3 is 19.6 Å². The van der Waals surface area contributed by atoms with Crippen LogP contribution in [0.4, 0.5) is 0 Å². The van der Waals surface area contributed by atoms with E-state index >= 15 is 0 Å². The molecule has 1 fully saturated rings. The number of aromatic nitrogens is 6. The third-order valence-electron chi connectivity index (χ3n) is 6.99. The minimum atomic E-state index is -1.33. The van der Waals surface area contributed by atoms with Crippen molar-refractivity contribution in [3.8, 4) is 0 Å². The van der Waals surface area contributed by atoms with Gasteiger partial charge in [-0.3, -0.25) is 18.7 Å². The van der Waals surface area contributed by atoms with E-state index in [0.29, 0.717) is 18.5 Å². The number of imidazole rings is 2. The second-order valence-corrected chi connectivity index (χ2v) is 9.93. The van der Waals surface area contributed by atoms with E-state index in [4.69, 9.17) is 0 Å². The summed E-state index contributed by atoms with van der Waals surface area (Å²) in [5, 5.41) is 11.4. The predicted octanol–water partition coefficient (Wildman–Crippen LogP) is 1.27. The second-order valence-electron chi connectivity index (χ2n) is 9.93. The Balaban J connectivity index is 1.44. The van der Waals surface area contributed by atoms with Gasteiger partial charge in [-0.2, -0.15) is 0 Å². The Bertz CT molecular complexity index is 1590. The van der Waals surface area contributed by atoms with E-state index in [2.05, 4.69) is 28.8 Å². The zero-order chi connectivity index (χ0) is 25.2. The number of benzene rings is 1. The van der Waals surface area contributed by atoms with Gasteiger partial charge in [-0.15, -0.1) is 0 Å². The summed E-state index contributed by atoms with van der Waals surface area (Å²) in [5.41, 5.74) is 0.378. The third-order valence-corrected chi connectivity index (χ3v) is 6.99. The second kappa shape index (κ2) is 7.91. The molecule has 1 aliphatic rings. The van der Waals surface area contributed by atoms with Crippen molar-refractivity contribution in [1.82, 2.24) is 33.6 Å². The number of fused-ring (bicyclic) bond motifs is 2. The lowest BCUT2D eigenvalue weighted by molar-refractivity contribution is -0.0478. The van der Waals surface area contributed by atoms with Gasteiger partial charge >= 0.3 is 5.69 Å². The lowest BCUT2D eigenvalue weighted by Crippen LogP contribution is -2.54. The monoisotopic (exact) mass is 479 g/mol. The first-order valence-electron chi connectivity index (χ1n) is 11.6. The van der Waals surface area contributed by atoms with Crippen LogP contribution in [0.2, 0.25) is 0 Å². The van der Waals surface area contributed by atoms with E-state index < -0.39 is 22.9 Å². The number of H-pyrrole nitrogens is 1. The Morgan fingerprint density at radius 1 is 1.23 bits per heavy atom. The molecular formula is C24H29N7O4. The molecule has 1 aromatic carbocycles. The molecule has 11 nitrogen and oxygen atoms in total. The quantitative estimate of drug-likeness (QED) is 0.455. The van der Waals surface area contributed by atoms with Crippen LogP contribution in [0.5, 0.6) is 0 Å². The molecule has 0 spiro atoms. The highest BCUT2D eigenvalue weighted by Crippen LogP contribution is 2.34. The van der Waals surface area contributed by atoms with E-state index in [9.17, 15) is 19.5 Å². The average Bonchev–Trinajstić information content (AvgIpc) is 3.44. The van der Waals surface area contributed by atoms with Crippen LogP contribution in [0, 0.1) is 0 Å². The van der Waals surface area contributed by atoms with Crippen molar-refractivity contribution in [3.05, 3.63) is 56.8 Å². The van der Waals surface area contributed by atoms with Gasteiger partial charge in [0.05, 0.1) is 29.9 Å². The number of aliphatic hydroxyl groups is 1. The van der Waals surface area contributed by atoms with Crippen LogP contribution in [0.3, 0.4) is 0 Å². The standard InChI is InChI=1S/C24H29N7O4/c1-13(2)19-26-15-7-6-14(10-16(15)27-19)21(32)30-9-8-17(24(3,35)11-30)31-12-25-20-18(31)22(33)29(5)23(34)28(20)4/h6-7,10,12-13,17,35H,8-9,11H2,1-5H3,(H,26,27)/t17-,24-/m1/s1. The van der Waals surface area contributed by atoms with Gasteiger partial charge in [0.1, 0.15) is 11.4 Å². The molecule has 184 valence electrons. The van der Waals surface area contributed by atoms with Gasteiger partial charge in [-0.25, -0.2) is 14.8 Å². The highest BCUT2D eigenvalue weighted by molar-refractivity contribution is 5.97. The summed E-state index contributed by atoms with van der Waals surface area (Å²) in [7, 11) is 2.98. The van der Waals surface area contributed by atoms with E-state index in [1.54, 1.807) is 35.6 Å². The number of aromatic amines is 1. The molecule has 0 unspecified atom stereocenters. The van der Waals surface area contributed by atoms with Crippen molar-refractivity contribution in [2.24, 2.45) is 14.1 Å². The maximum Gasteiger partial charge on any atom is 0.332 e. The number of rotatable bonds is 3. The summed E-state index contributed by atoms with van der Waals surface area (Å²) < 4.78 is 3.99. The topological polar surface area (TPSA) is 131 Å². The van der Waals surface area contributed by atoms with E-state index in [-0.39, 0.29) is 29.5 Å². The van der Waals surface area contributed by atoms with Crippen LogP contribution in [0.25, 0.3) is 22.2 Å². The predicted molar refractivity (Wildman–Crippen MR) is 131 cm³/mol. The Labute approximate surface area is 200 Å². The van der Waals surface area contributed by atoms with Gasteiger partial charge in [-0.1, -0.05) is 13.8 Å². The number of piperidine rings is 1.